The molecule has 0 radical (unpaired) electrons. The Bertz CT molecular complexity index is 959. The van der Waals surface area contributed by atoms with Gasteiger partial charge >= 0.3 is 11.6 Å². The molecule has 0 atom stereocenters. The summed E-state index contributed by atoms with van der Waals surface area (Å²) in [6.07, 6.45) is 0.840. The Morgan fingerprint density at radius 3 is 2.88 bits per heavy atom. The van der Waals surface area contributed by atoms with Crippen LogP contribution in [-0.4, -0.2) is 18.1 Å². The molecule has 0 N–H and O–H groups in total. The predicted molar refractivity (Wildman–Crippen MR) is 93.8 cm³/mol. The van der Waals surface area contributed by atoms with Gasteiger partial charge in [-0.2, -0.15) is 0 Å². The molecule has 7 heteroatoms. The number of rotatable bonds is 6. The third-order valence-electron chi connectivity index (χ3n) is 3.69. The van der Waals surface area contributed by atoms with Crippen LogP contribution in [0.25, 0.3) is 11.0 Å². The number of carbonyl (C=O) groups is 1. The molecule has 0 aliphatic rings. The van der Waals surface area contributed by atoms with Crippen LogP contribution in [-0.2, 0) is 29.1 Å². The summed E-state index contributed by atoms with van der Waals surface area (Å²) >= 11 is 1.33. The number of hydrogen-bond donors (Lipinski definition) is 0. The van der Waals surface area contributed by atoms with Crippen molar-refractivity contribution in [2.75, 3.05) is 7.11 Å². The summed E-state index contributed by atoms with van der Waals surface area (Å²) in [5.74, 6) is -0.537. The normalized spacial score (nSPS) is 11.0. The third-order valence-corrected chi connectivity index (χ3v) is 4.51. The maximum absolute atomic E-state index is 12.1. The Hall–Kier alpha value is -2.51. The summed E-state index contributed by atoms with van der Waals surface area (Å²) < 4.78 is 15.5. The van der Waals surface area contributed by atoms with Crippen molar-refractivity contribution >= 4 is 28.3 Å². The Balaban J connectivity index is 1.80. The quantitative estimate of drug-likeness (QED) is 0.496. The molecule has 0 bridgehead atoms. The van der Waals surface area contributed by atoms with E-state index in [2.05, 4.69) is 4.98 Å². The molecular weight excluding hydrogens is 342 g/mol. The third kappa shape index (κ3) is 3.94. The molecule has 0 saturated carbocycles. The van der Waals surface area contributed by atoms with Gasteiger partial charge in [-0.1, -0.05) is 19.1 Å². The van der Waals surface area contributed by atoms with Crippen molar-refractivity contribution < 1.29 is 18.7 Å². The highest BCUT2D eigenvalue weighted by Gasteiger charge is 2.14. The van der Waals surface area contributed by atoms with Crippen molar-refractivity contribution in [2.24, 2.45) is 0 Å². The van der Waals surface area contributed by atoms with Crippen molar-refractivity contribution in [3.05, 3.63) is 61.9 Å². The number of methoxy groups -OCH3 is 1. The van der Waals surface area contributed by atoms with Crippen LogP contribution < -0.4 is 5.63 Å². The lowest BCUT2D eigenvalue weighted by atomic mass is 10.1. The molecule has 0 fully saturated rings. The van der Waals surface area contributed by atoms with Crippen LogP contribution in [0.2, 0.25) is 0 Å². The van der Waals surface area contributed by atoms with E-state index in [4.69, 9.17) is 13.9 Å². The maximum atomic E-state index is 12.1. The molecule has 1 aromatic carbocycles. The first-order valence-corrected chi connectivity index (χ1v) is 8.64. The second-order valence-corrected chi connectivity index (χ2v) is 6.35. The average Bonchev–Trinajstić information content (AvgIpc) is 3.07. The molecule has 3 rings (SSSR count). The second-order valence-electron chi connectivity index (χ2n) is 5.41. The van der Waals surface area contributed by atoms with Crippen LogP contribution in [0.5, 0.6) is 0 Å². The monoisotopic (exact) mass is 359 g/mol. The molecule has 3 aromatic rings. The van der Waals surface area contributed by atoms with E-state index in [1.54, 1.807) is 12.5 Å². The summed E-state index contributed by atoms with van der Waals surface area (Å²) in [5.41, 5.74) is 1.93. The first kappa shape index (κ1) is 17.3. The van der Waals surface area contributed by atoms with Crippen molar-refractivity contribution in [1.29, 1.82) is 0 Å². The molecule has 6 nitrogen and oxygen atoms in total. The fraction of sp³-hybridized carbons (Fsp3) is 0.278. The standard InChI is InChI=1S/C18H17NO5S/c1-3-11-4-5-13-12(7-17(20)24-15(13)6-11)8-23-18(21)14-10-25-16(19-14)9-22-2/h4-7,10H,3,8-9H2,1-2H3. The van der Waals surface area contributed by atoms with Gasteiger partial charge in [0.05, 0.1) is 6.61 Å². The molecule has 0 amide bonds. The smallest absolute Gasteiger partial charge is 0.358 e. The van der Waals surface area contributed by atoms with Gasteiger partial charge in [0.1, 0.15) is 17.2 Å². The first-order valence-electron chi connectivity index (χ1n) is 7.77. The summed E-state index contributed by atoms with van der Waals surface area (Å²) in [4.78, 5) is 28.1. The van der Waals surface area contributed by atoms with Gasteiger partial charge in [-0.3, -0.25) is 0 Å². The van der Waals surface area contributed by atoms with Crippen LogP contribution in [0.4, 0.5) is 0 Å². The fourth-order valence-electron chi connectivity index (χ4n) is 2.43. The number of fused-ring (bicyclic) bond motifs is 1. The highest BCUT2D eigenvalue weighted by atomic mass is 32.1. The number of hydrogen-bond acceptors (Lipinski definition) is 7. The zero-order chi connectivity index (χ0) is 17.8. The molecule has 0 aliphatic carbocycles. The Morgan fingerprint density at radius 2 is 2.12 bits per heavy atom. The minimum Gasteiger partial charge on any atom is -0.456 e. The predicted octanol–water partition coefficient (Wildman–Crippen LogP) is 3.32. The van der Waals surface area contributed by atoms with Gasteiger partial charge in [0.25, 0.3) is 0 Å². The lowest BCUT2D eigenvalue weighted by Gasteiger charge is -2.07. The van der Waals surface area contributed by atoms with Crippen molar-refractivity contribution in [1.82, 2.24) is 4.98 Å². The molecule has 130 valence electrons. The highest BCUT2D eigenvalue weighted by molar-refractivity contribution is 7.09. The van der Waals surface area contributed by atoms with Crippen molar-refractivity contribution in [3.63, 3.8) is 0 Å². The largest absolute Gasteiger partial charge is 0.456 e. The van der Waals surface area contributed by atoms with E-state index >= 15 is 0 Å². The number of thiazole rings is 1. The number of benzene rings is 1. The molecule has 25 heavy (non-hydrogen) atoms. The Morgan fingerprint density at radius 1 is 1.28 bits per heavy atom. The molecular formula is C18H17NO5S. The van der Waals surface area contributed by atoms with Gasteiger partial charge in [-0.15, -0.1) is 11.3 Å². The number of aromatic nitrogens is 1. The molecule has 0 unspecified atom stereocenters. The molecule has 0 aliphatic heterocycles. The zero-order valence-corrected chi connectivity index (χ0v) is 14.7. The molecule has 2 heterocycles. The second kappa shape index (κ2) is 7.58. The highest BCUT2D eigenvalue weighted by Crippen LogP contribution is 2.20. The van der Waals surface area contributed by atoms with Crippen LogP contribution in [0.1, 0.15) is 33.5 Å². The van der Waals surface area contributed by atoms with Crippen LogP contribution >= 0.6 is 11.3 Å². The topological polar surface area (TPSA) is 78.6 Å². The van der Waals surface area contributed by atoms with Gasteiger partial charge in [-0.05, 0) is 18.1 Å². The van der Waals surface area contributed by atoms with Gasteiger partial charge in [0.15, 0.2) is 5.69 Å². The van der Waals surface area contributed by atoms with E-state index in [0.29, 0.717) is 22.8 Å². The van der Waals surface area contributed by atoms with E-state index in [9.17, 15) is 9.59 Å². The van der Waals surface area contributed by atoms with Gasteiger partial charge in [0.2, 0.25) is 0 Å². The number of esters is 1. The van der Waals surface area contributed by atoms with Crippen molar-refractivity contribution in [3.8, 4) is 0 Å². The van der Waals surface area contributed by atoms with E-state index in [-0.39, 0.29) is 12.3 Å². The van der Waals surface area contributed by atoms with Gasteiger partial charge < -0.3 is 13.9 Å². The van der Waals surface area contributed by atoms with Crippen LogP contribution in [0.3, 0.4) is 0 Å². The lowest BCUT2D eigenvalue weighted by Crippen LogP contribution is -2.08. The number of aryl methyl sites for hydroxylation is 1. The number of ether oxygens (including phenoxy) is 2. The number of nitrogens with zero attached hydrogens (tertiary/aromatic N) is 1. The summed E-state index contributed by atoms with van der Waals surface area (Å²) in [6, 6.07) is 7.02. The minimum absolute atomic E-state index is 0.0243. The summed E-state index contributed by atoms with van der Waals surface area (Å²) in [5, 5.41) is 3.08. The maximum Gasteiger partial charge on any atom is 0.358 e. The summed E-state index contributed by atoms with van der Waals surface area (Å²) in [7, 11) is 1.56. The fourth-order valence-corrected chi connectivity index (χ4v) is 3.16. The van der Waals surface area contributed by atoms with E-state index < -0.39 is 11.6 Å². The van der Waals surface area contributed by atoms with Crippen LogP contribution in [0.15, 0.2) is 38.9 Å². The average molecular weight is 359 g/mol. The van der Waals surface area contributed by atoms with Crippen molar-refractivity contribution in [2.45, 2.75) is 26.6 Å². The van der Waals surface area contributed by atoms with Gasteiger partial charge in [0, 0.05) is 29.5 Å². The summed E-state index contributed by atoms with van der Waals surface area (Å²) in [6.45, 7) is 2.35. The van der Waals surface area contributed by atoms with Crippen LogP contribution in [0, 0.1) is 0 Å². The minimum atomic E-state index is -0.537. The van der Waals surface area contributed by atoms with E-state index in [1.807, 2.05) is 25.1 Å². The lowest BCUT2D eigenvalue weighted by molar-refractivity contribution is 0.0467. The molecule has 0 saturated heterocycles. The first-order chi connectivity index (χ1) is 12.1. The Kier molecular flexibility index (Phi) is 5.25. The molecule has 0 spiro atoms. The zero-order valence-electron chi connectivity index (χ0n) is 13.9. The van der Waals surface area contributed by atoms with Gasteiger partial charge in [-0.25, -0.2) is 14.6 Å². The SMILES string of the molecule is CCc1ccc2c(COC(=O)c3csc(COC)n3)cc(=O)oc2c1. The Labute approximate surface area is 148 Å². The number of carbonyl (C=O) groups excluding carboxylic acids is 1. The van der Waals surface area contributed by atoms with E-state index in [0.717, 1.165) is 17.4 Å². The molecule has 2 aromatic heterocycles. The van der Waals surface area contributed by atoms with E-state index in [1.165, 1.54) is 17.4 Å².